The zero-order valence-corrected chi connectivity index (χ0v) is 11.3. The van der Waals surface area contributed by atoms with Gasteiger partial charge in [0.05, 0.1) is 0 Å². The van der Waals surface area contributed by atoms with Gasteiger partial charge in [0, 0.05) is 13.2 Å². The van der Waals surface area contributed by atoms with Gasteiger partial charge in [-0.25, -0.2) is 0 Å². The molecule has 3 unspecified atom stereocenters. The highest BCUT2D eigenvalue weighted by molar-refractivity contribution is 4.81. The lowest BCUT2D eigenvalue weighted by atomic mass is 9.73. The van der Waals surface area contributed by atoms with Crippen LogP contribution in [-0.4, -0.2) is 26.3 Å². The topological polar surface area (TPSA) is 21.3 Å². The van der Waals surface area contributed by atoms with Gasteiger partial charge in [0.15, 0.2) is 0 Å². The third-order valence-corrected chi connectivity index (χ3v) is 4.02. The predicted octanol–water partition coefficient (Wildman–Crippen LogP) is 3.07. The van der Waals surface area contributed by atoms with Crippen LogP contribution in [0.3, 0.4) is 0 Å². The molecule has 1 N–H and O–H groups in total. The molecule has 0 aromatic heterocycles. The standard InChI is InChI=1S/C14H29NO/c1-4-12-7-8-13(10-15-5-2)14(9-12)11-16-6-3/h12-15H,4-11H2,1-3H3. The van der Waals surface area contributed by atoms with Gasteiger partial charge in [0.1, 0.15) is 0 Å². The van der Waals surface area contributed by atoms with Gasteiger partial charge in [0.2, 0.25) is 0 Å². The summed E-state index contributed by atoms with van der Waals surface area (Å²) < 4.78 is 5.65. The van der Waals surface area contributed by atoms with Crippen molar-refractivity contribution in [1.29, 1.82) is 0 Å². The summed E-state index contributed by atoms with van der Waals surface area (Å²) >= 11 is 0. The largest absolute Gasteiger partial charge is 0.381 e. The van der Waals surface area contributed by atoms with Crippen molar-refractivity contribution in [3.8, 4) is 0 Å². The highest BCUT2D eigenvalue weighted by Gasteiger charge is 2.29. The molecule has 0 spiro atoms. The van der Waals surface area contributed by atoms with Gasteiger partial charge in [-0.2, -0.15) is 0 Å². The van der Waals surface area contributed by atoms with Gasteiger partial charge in [0.25, 0.3) is 0 Å². The fraction of sp³-hybridized carbons (Fsp3) is 1.00. The molecule has 96 valence electrons. The molecule has 1 rings (SSSR count). The predicted molar refractivity (Wildman–Crippen MR) is 69.6 cm³/mol. The average Bonchev–Trinajstić information content (AvgIpc) is 2.34. The Hall–Kier alpha value is -0.0800. The molecule has 1 aliphatic carbocycles. The van der Waals surface area contributed by atoms with Crippen molar-refractivity contribution in [3.05, 3.63) is 0 Å². The molecule has 0 saturated heterocycles. The Balaban J connectivity index is 2.39. The fourth-order valence-corrected chi connectivity index (χ4v) is 2.87. The summed E-state index contributed by atoms with van der Waals surface area (Å²) in [6.07, 6.45) is 5.54. The molecule has 0 amide bonds. The van der Waals surface area contributed by atoms with Gasteiger partial charge in [-0.3, -0.25) is 0 Å². The molecule has 0 radical (unpaired) electrons. The van der Waals surface area contributed by atoms with Crippen LogP contribution in [0.1, 0.15) is 46.5 Å². The summed E-state index contributed by atoms with van der Waals surface area (Å²) in [6.45, 7) is 10.7. The van der Waals surface area contributed by atoms with E-state index in [0.717, 1.165) is 37.5 Å². The first-order chi connectivity index (χ1) is 7.81. The van der Waals surface area contributed by atoms with E-state index in [-0.39, 0.29) is 0 Å². The lowest BCUT2D eigenvalue weighted by Crippen LogP contribution is -2.35. The van der Waals surface area contributed by atoms with Gasteiger partial charge in [-0.1, -0.05) is 26.7 Å². The minimum absolute atomic E-state index is 0.790. The summed E-state index contributed by atoms with van der Waals surface area (Å²) in [6, 6.07) is 0. The number of hydrogen-bond donors (Lipinski definition) is 1. The van der Waals surface area contributed by atoms with Crippen LogP contribution in [0.2, 0.25) is 0 Å². The smallest absolute Gasteiger partial charge is 0.0497 e. The molecule has 0 heterocycles. The zero-order chi connectivity index (χ0) is 11.8. The third-order valence-electron chi connectivity index (χ3n) is 4.02. The maximum atomic E-state index is 5.65. The molecule has 0 bridgehead atoms. The number of ether oxygens (including phenoxy) is 1. The highest BCUT2D eigenvalue weighted by Crippen LogP contribution is 2.35. The quantitative estimate of drug-likeness (QED) is 0.721. The van der Waals surface area contributed by atoms with E-state index in [1.165, 1.54) is 32.2 Å². The summed E-state index contributed by atoms with van der Waals surface area (Å²) in [5.74, 6) is 2.58. The van der Waals surface area contributed by atoms with Crippen molar-refractivity contribution in [2.75, 3.05) is 26.3 Å². The third kappa shape index (κ3) is 4.42. The molecule has 1 aliphatic rings. The lowest BCUT2D eigenvalue weighted by molar-refractivity contribution is 0.0503. The molecule has 1 saturated carbocycles. The first-order valence-corrected chi connectivity index (χ1v) is 7.10. The molecule has 0 aromatic rings. The normalized spacial score (nSPS) is 30.6. The number of nitrogens with one attached hydrogen (secondary N) is 1. The Morgan fingerprint density at radius 1 is 1.12 bits per heavy atom. The minimum Gasteiger partial charge on any atom is -0.381 e. The van der Waals surface area contributed by atoms with Crippen LogP contribution in [0.4, 0.5) is 0 Å². The molecule has 0 aromatic carbocycles. The summed E-state index contributed by atoms with van der Waals surface area (Å²) in [5.41, 5.74) is 0. The lowest BCUT2D eigenvalue weighted by Gasteiger charge is -2.36. The van der Waals surface area contributed by atoms with Gasteiger partial charge >= 0.3 is 0 Å². The molecule has 16 heavy (non-hydrogen) atoms. The molecule has 1 fully saturated rings. The second-order valence-electron chi connectivity index (χ2n) is 5.07. The van der Waals surface area contributed by atoms with Gasteiger partial charge < -0.3 is 10.1 Å². The molecular formula is C14H29NO. The van der Waals surface area contributed by atoms with Crippen molar-refractivity contribution in [2.45, 2.75) is 46.5 Å². The Morgan fingerprint density at radius 2 is 1.94 bits per heavy atom. The molecule has 3 atom stereocenters. The van der Waals surface area contributed by atoms with E-state index in [4.69, 9.17) is 4.74 Å². The molecular weight excluding hydrogens is 198 g/mol. The maximum absolute atomic E-state index is 5.65. The van der Waals surface area contributed by atoms with E-state index in [0.29, 0.717) is 0 Å². The van der Waals surface area contributed by atoms with Crippen molar-refractivity contribution < 1.29 is 4.74 Å². The van der Waals surface area contributed by atoms with Crippen LogP contribution in [0, 0.1) is 17.8 Å². The highest BCUT2D eigenvalue weighted by atomic mass is 16.5. The Labute approximate surface area is 101 Å². The summed E-state index contributed by atoms with van der Waals surface area (Å²) in [4.78, 5) is 0. The van der Waals surface area contributed by atoms with Crippen LogP contribution < -0.4 is 5.32 Å². The maximum Gasteiger partial charge on any atom is 0.0497 e. The Bertz CT molecular complexity index is 172. The fourth-order valence-electron chi connectivity index (χ4n) is 2.87. The summed E-state index contributed by atoms with van der Waals surface area (Å²) in [5, 5.41) is 3.50. The van der Waals surface area contributed by atoms with Gasteiger partial charge in [-0.05, 0) is 50.6 Å². The average molecular weight is 227 g/mol. The first kappa shape index (κ1) is 14.0. The van der Waals surface area contributed by atoms with Crippen LogP contribution in [0.25, 0.3) is 0 Å². The van der Waals surface area contributed by atoms with E-state index in [2.05, 4.69) is 26.1 Å². The van der Waals surface area contributed by atoms with E-state index in [1.54, 1.807) is 0 Å². The number of rotatable bonds is 7. The molecule has 0 aliphatic heterocycles. The molecule has 2 heteroatoms. The second kappa shape index (κ2) is 8.08. The SMILES string of the molecule is CCNCC1CCC(CC)CC1COCC. The molecule has 2 nitrogen and oxygen atoms in total. The van der Waals surface area contributed by atoms with Gasteiger partial charge in [-0.15, -0.1) is 0 Å². The Morgan fingerprint density at radius 3 is 2.56 bits per heavy atom. The summed E-state index contributed by atoms with van der Waals surface area (Å²) in [7, 11) is 0. The van der Waals surface area contributed by atoms with Crippen molar-refractivity contribution >= 4 is 0 Å². The van der Waals surface area contributed by atoms with E-state index < -0.39 is 0 Å². The van der Waals surface area contributed by atoms with Crippen LogP contribution in [0.5, 0.6) is 0 Å². The monoisotopic (exact) mass is 227 g/mol. The van der Waals surface area contributed by atoms with E-state index >= 15 is 0 Å². The van der Waals surface area contributed by atoms with Crippen LogP contribution in [-0.2, 0) is 4.74 Å². The van der Waals surface area contributed by atoms with E-state index in [1.807, 2.05) is 0 Å². The number of hydrogen-bond acceptors (Lipinski definition) is 2. The van der Waals surface area contributed by atoms with Crippen molar-refractivity contribution in [3.63, 3.8) is 0 Å². The Kier molecular flexibility index (Phi) is 7.06. The van der Waals surface area contributed by atoms with Crippen molar-refractivity contribution in [2.24, 2.45) is 17.8 Å². The van der Waals surface area contributed by atoms with Crippen LogP contribution >= 0.6 is 0 Å². The zero-order valence-electron chi connectivity index (χ0n) is 11.3. The van der Waals surface area contributed by atoms with E-state index in [9.17, 15) is 0 Å². The van der Waals surface area contributed by atoms with Crippen LogP contribution in [0.15, 0.2) is 0 Å². The first-order valence-electron chi connectivity index (χ1n) is 7.10. The van der Waals surface area contributed by atoms with Crippen molar-refractivity contribution in [1.82, 2.24) is 5.32 Å². The minimum atomic E-state index is 0.790. The second-order valence-corrected chi connectivity index (χ2v) is 5.07.